The van der Waals surface area contributed by atoms with Crippen molar-refractivity contribution in [1.82, 2.24) is 0 Å². The number of furan rings is 1. The molecule has 2 heterocycles. The van der Waals surface area contributed by atoms with Crippen molar-refractivity contribution in [3.8, 4) is 0 Å². The van der Waals surface area contributed by atoms with Gasteiger partial charge in [-0.1, -0.05) is 0 Å². The molecule has 3 rings (SSSR count). The van der Waals surface area contributed by atoms with E-state index in [1.54, 1.807) is 18.2 Å². The molecule has 0 spiro atoms. The largest absolute Gasteiger partial charge is 0.433 e. The van der Waals surface area contributed by atoms with E-state index in [0.717, 1.165) is 6.07 Å². The molecule has 0 radical (unpaired) electrons. The van der Waals surface area contributed by atoms with Crippen molar-refractivity contribution < 1.29 is 18.6 Å². The van der Waals surface area contributed by atoms with E-state index < -0.39 is 22.3 Å². The van der Waals surface area contributed by atoms with Gasteiger partial charge < -0.3 is 14.2 Å². The number of carbonyl (C=O) groups is 1. The topological polar surface area (TPSA) is 116 Å². The Morgan fingerprint density at radius 1 is 1.09 bits per heavy atom. The summed E-state index contributed by atoms with van der Waals surface area (Å²) in [4.78, 5) is 32.8. The normalized spacial score (nSPS) is 10.5. The summed E-state index contributed by atoms with van der Waals surface area (Å²) in [7, 11) is 0. The van der Waals surface area contributed by atoms with Gasteiger partial charge in [0.05, 0.1) is 6.07 Å². The zero-order chi connectivity index (χ0) is 15.7. The maximum Gasteiger partial charge on any atom is 0.433 e. The summed E-state index contributed by atoms with van der Waals surface area (Å²) < 4.78 is 9.79. The summed E-state index contributed by atoms with van der Waals surface area (Å²) in [6.07, 6.45) is 0. The van der Waals surface area contributed by atoms with Crippen LogP contribution in [0, 0.1) is 10.1 Å². The van der Waals surface area contributed by atoms with E-state index in [9.17, 15) is 19.7 Å². The number of hydrogen-bond donors (Lipinski definition) is 1. The molecule has 0 saturated heterocycles. The molecular formula is C14H8N2O6. The first kappa shape index (κ1) is 13.6. The Balaban J connectivity index is 1.85. The monoisotopic (exact) mass is 300 g/mol. The van der Waals surface area contributed by atoms with Gasteiger partial charge >= 0.3 is 11.5 Å². The van der Waals surface area contributed by atoms with Crippen molar-refractivity contribution in [2.75, 3.05) is 5.32 Å². The molecule has 0 aliphatic carbocycles. The molecule has 8 nitrogen and oxygen atoms in total. The maximum atomic E-state index is 11.9. The average molecular weight is 300 g/mol. The van der Waals surface area contributed by atoms with Crippen LogP contribution in [0.1, 0.15) is 10.6 Å². The third-order valence-corrected chi connectivity index (χ3v) is 2.87. The van der Waals surface area contributed by atoms with Crippen LogP contribution in [0.2, 0.25) is 0 Å². The molecule has 1 aromatic carbocycles. The molecule has 2 aromatic heterocycles. The highest BCUT2D eigenvalue weighted by atomic mass is 16.6. The summed E-state index contributed by atoms with van der Waals surface area (Å²) >= 11 is 0. The van der Waals surface area contributed by atoms with E-state index in [0.29, 0.717) is 16.7 Å². The van der Waals surface area contributed by atoms with E-state index in [2.05, 4.69) is 5.32 Å². The number of fused-ring (bicyclic) bond motifs is 1. The minimum absolute atomic E-state index is 0.175. The van der Waals surface area contributed by atoms with Gasteiger partial charge in [0, 0.05) is 17.1 Å². The molecule has 22 heavy (non-hydrogen) atoms. The summed E-state index contributed by atoms with van der Waals surface area (Å²) in [5.74, 6) is -1.30. The van der Waals surface area contributed by atoms with Crippen LogP contribution in [0.25, 0.3) is 11.0 Å². The third kappa shape index (κ3) is 2.57. The summed E-state index contributed by atoms with van der Waals surface area (Å²) in [5, 5.41) is 13.7. The van der Waals surface area contributed by atoms with Crippen molar-refractivity contribution in [3.63, 3.8) is 0 Å². The Labute approximate surface area is 122 Å². The zero-order valence-electron chi connectivity index (χ0n) is 10.9. The Morgan fingerprint density at radius 2 is 1.91 bits per heavy atom. The predicted molar refractivity (Wildman–Crippen MR) is 75.8 cm³/mol. The lowest BCUT2D eigenvalue weighted by atomic mass is 10.2. The Bertz CT molecular complexity index is 940. The van der Waals surface area contributed by atoms with Crippen molar-refractivity contribution in [1.29, 1.82) is 0 Å². The van der Waals surface area contributed by atoms with Gasteiger partial charge in [0.2, 0.25) is 0 Å². The van der Waals surface area contributed by atoms with Crippen molar-refractivity contribution in [2.24, 2.45) is 0 Å². The SMILES string of the molecule is O=C(Nc1ccc2oc(=O)ccc2c1)c1ccc([N+](=O)[O-])o1. The number of nitrogens with zero attached hydrogens (tertiary/aromatic N) is 1. The lowest BCUT2D eigenvalue weighted by Gasteiger charge is -2.04. The Kier molecular flexibility index (Phi) is 3.18. The summed E-state index contributed by atoms with van der Waals surface area (Å²) in [6.45, 7) is 0. The fraction of sp³-hybridized carbons (Fsp3) is 0. The lowest BCUT2D eigenvalue weighted by molar-refractivity contribution is -0.402. The first-order chi connectivity index (χ1) is 10.5. The van der Waals surface area contributed by atoms with Crippen LogP contribution >= 0.6 is 0 Å². The van der Waals surface area contributed by atoms with Gasteiger partial charge in [-0.2, -0.15) is 0 Å². The number of benzene rings is 1. The van der Waals surface area contributed by atoms with E-state index in [1.165, 1.54) is 18.2 Å². The quantitative estimate of drug-likeness (QED) is 0.451. The minimum atomic E-state index is -0.727. The highest BCUT2D eigenvalue weighted by Gasteiger charge is 2.17. The molecule has 0 bridgehead atoms. The van der Waals surface area contributed by atoms with Crippen LogP contribution in [0.15, 0.2) is 56.1 Å². The molecule has 3 aromatic rings. The standard InChI is InChI=1S/C14H8N2O6/c17-13-6-1-8-7-9(2-3-10(8)22-13)15-14(18)11-4-5-12(21-11)16(19)20/h1-7H,(H,15,18). The molecule has 0 saturated carbocycles. The van der Waals surface area contributed by atoms with Gasteiger partial charge in [0.25, 0.3) is 5.91 Å². The third-order valence-electron chi connectivity index (χ3n) is 2.87. The van der Waals surface area contributed by atoms with Gasteiger partial charge in [-0.25, -0.2) is 4.79 Å². The number of nitrogens with one attached hydrogen (secondary N) is 1. The fourth-order valence-corrected chi connectivity index (χ4v) is 1.89. The number of anilines is 1. The van der Waals surface area contributed by atoms with Gasteiger partial charge in [0.1, 0.15) is 10.5 Å². The molecule has 0 unspecified atom stereocenters. The van der Waals surface area contributed by atoms with Crippen LogP contribution in [-0.4, -0.2) is 10.8 Å². The van der Waals surface area contributed by atoms with Gasteiger partial charge in [0.15, 0.2) is 5.76 Å². The molecule has 1 amide bonds. The molecule has 8 heteroatoms. The highest BCUT2D eigenvalue weighted by molar-refractivity contribution is 6.03. The zero-order valence-corrected chi connectivity index (χ0v) is 10.9. The number of rotatable bonds is 3. The number of hydrogen-bond acceptors (Lipinski definition) is 6. The van der Waals surface area contributed by atoms with Crippen molar-refractivity contribution >= 4 is 28.4 Å². The van der Waals surface area contributed by atoms with Gasteiger partial charge in [-0.15, -0.1) is 0 Å². The Hall–Kier alpha value is -3.42. The van der Waals surface area contributed by atoms with Crippen LogP contribution in [0.5, 0.6) is 0 Å². The maximum absolute atomic E-state index is 11.9. The van der Waals surface area contributed by atoms with Crippen LogP contribution in [0.3, 0.4) is 0 Å². The number of amides is 1. The Morgan fingerprint density at radius 3 is 2.64 bits per heavy atom. The molecule has 1 N–H and O–H groups in total. The van der Waals surface area contributed by atoms with E-state index in [1.807, 2.05) is 0 Å². The van der Waals surface area contributed by atoms with Crippen LogP contribution in [-0.2, 0) is 0 Å². The first-order valence-corrected chi connectivity index (χ1v) is 6.12. The van der Waals surface area contributed by atoms with E-state index in [4.69, 9.17) is 8.83 Å². The molecule has 110 valence electrons. The minimum Gasteiger partial charge on any atom is -0.423 e. The average Bonchev–Trinajstić information content (AvgIpc) is 2.97. The van der Waals surface area contributed by atoms with Gasteiger partial charge in [-0.3, -0.25) is 14.9 Å². The molecule has 0 aliphatic rings. The van der Waals surface area contributed by atoms with E-state index >= 15 is 0 Å². The predicted octanol–water partition coefficient (Wildman–Crippen LogP) is 2.55. The molecule has 0 fully saturated rings. The second kappa shape index (κ2) is 5.17. The second-order valence-corrected chi connectivity index (χ2v) is 4.36. The molecule has 0 aliphatic heterocycles. The smallest absolute Gasteiger partial charge is 0.423 e. The van der Waals surface area contributed by atoms with Gasteiger partial charge in [-0.05, 0) is 30.3 Å². The fourth-order valence-electron chi connectivity index (χ4n) is 1.89. The number of nitro groups is 1. The lowest BCUT2D eigenvalue weighted by Crippen LogP contribution is -2.10. The van der Waals surface area contributed by atoms with Crippen molar-refractivity contribution in [3.05, 3.63) is 68.8 Å². The molecule has 0 atom stereocenters. The highest BCUT2D eigenvalue weighted by Crippen LogP contribution is 2.20. The first-order valence-electron chi connectivity index (χ1n) is 6.12. The number of carbonyl (C=O) groups excluding carboxylic acids is 1. The molecular weight excluding hydrogens is 292 g/mol. The van der Waals surface area contributed by atoms with Crippen LogP contribution in [0.4, 0.5) is 11.6 Å². The summed E-state index contributed by atoms with van der Waals surface area (Å²) in [6, 6.07) is 9.83. The summed E-state index contributed by atoms with van der Waals surface area (Å²) in [5.41, 5.74) is 0.358. The second-order valence-electron chi connectivity index (χ2n) is 4.36. The van der Waals surface area contributed by atoms with Crippen LogP contribution < -0.4 is 10.9 Å². The van der Waals surface area contributed by atoms with Crippen molar-refractivity contribution in [2.45, 2.75) is 0 Å². The van der Waals surface area contributed by atoms with E-state index in [-0.39, 0.29) is 5.76 Å².